The number of carbonyl (C=O) groups is 2. The van der Waals surface area contributed by atoms with Crippen molar-refractivity contribution in [2.24, 2.45) is 5.73 Å². The minimum atomic E-state index is -1.15. The molecule has 0 atom stereocenters. The van der Waals surface area contributed by atoms with Gasteiger partial charge in [-0.1, -0.05) is 24.3 Å². The van der Waals surface area contributed by atoms with Crippen LogP contribution in [0.2, 0.25) is 0 Å². The lowest BCUT2D eigenvalue weighted by molar-refractivity contribution is -0.143. The van der Waals surface area contributed by atoms with Gasteiger partial charge in [-0.3, -0.25) is 9.59 Å². The zero-order chi connectivity index (χ0) is 23.4. The molecular formula is C25H32N4O4. The molecule has 2 aromatic rings. The van der Waals surface area contributed by atoms with Crippen LogP contribution in [0.4, 0.5) is 5.69 Å². The van der Waals surface area contributed by atoms with E-state index >= 15 is 0 Å². The lowest BCUT2D eigenvalue weighted by Crippen LogP contribution is -2.53. The van der Waals surface area contributed by atoms with Gasteiger partial charge in [0.1, 0.15) is 5.60 Å². The highest BCUT2D eigenvalue weighted by atomic mass is 16.5. The SMILES string of the molecule is COCCNc1cc(-c2ccc(C(=O)N3CCN(C(=O)C4(O)CC4)CC3)cc2)ccc1CN. The molecule has 4 rings (SSSR count). The summed E-state index contributed by atoms with van der Waals surface area (Å²) < 4.78 is 5.11. The van der Waals surface area contributed by atoms with Crippen molar-refractivity contribution in [1.82, 2.24) is 9.80 Å². The van der Waals surface area contributed by atoms with Crippen LogP contribution >= 0.6 is 0 Å². The molecule has 1 aliphatic heterocycles. The van der Waals surface area contributed by atoms with Crippen molar-refractivity contribution < 1.29 is 19.4 Å². The molecule has 0 unspecified atom stereocenters. The van der Waals surface area contributed by atoms with E-state index in [0.29, 0.717) is 64.3 Å². The van der Waals surface area contributed by atoms with Gasteiger partial charge in [-0.15, -0.1) is 0 Å². The average molecular weight is 453 g/mol. The summed E-state index contributed by atoms with van der Waals surface area (Å²) in [6.07, 6.45) is 1.08. The summed E-state index contributed by atoms with van der Waals surface area (Å²) in [7, 11) is 1.67. The average Bonchev–Trinajstić information content (AvgIpc) is 3.62. The van der Waals surface area contributed by atoms with E-state index in [9.17, 15) is 14.7 Å². The molecule has 1 saturated carbocycles. The number of nitrogens with zero attached hydrogens (tertiary/aromatic N) is 2. The molecule has 2 aliphatic rings. The van der Waals surface area contributed by atoms with Gasteiger partial charge in [0.25, 0.3) is 11.8 Å². The fraction of sp³-hybridized carbons (Fsp3) is 0.440. The topological polar surface area (TPSA) is 108 Å². The molecule has 2 aromatic carbocycles. The molecule has 33 heavy (non-hydrogen) atoms. The lowest BCUT2D eigenvalue weighted by Gasteiger charge is -2.35. The second-order valence-electron chi connectivity index (χ2n) is 8.69. The molecule has 0 aromatic heterocycles. The molecule has 0 radical (unpaired) electrons. The molecule has 8 heteroatoms. The zero-order valence-electron chi connectivity index (χ0n) is 19.0. The van der Waals surface area contributed by atoms with Crippen molar-refractivity contribution in [2.45, 2.75) is 25.0 Å². The first-order valence-electron chi connectivity index (χ1n) is 11.4. The molecule has 1 saturated heterocycles. The maximum Gasteiger partial charge on any atom is 0.254 e. The normalized spacial score (nSPS) is 17.1. The number of aliphatic hydroxyl groups is 1. The van der Waals surface area contributed by atoms with Gasteiger partial charge in [0.2, 0.25) is 0 Å². The van der Waals surface area contributed by atoms with Gasteiger partial charge in [-0.2, -0.15) is 0 Å². The first kappa shape index (κ1) is 23.2. The molecule has 2 fully saturated rings. The summed E-state index contributed by atoms with van der Waals surface area (Å²) in [6, 6.07) is 13.7. The number of anilines is 1. The Kier molecular flexibility index (Phi) is 6.97. The quantitative estimate of drug-likeness (QED) is 0.526. The minimum Gasteiger partial charge on any atom is -0.383 e. The van der Waals surface area contributed by atoms with Crippen LogP contribution in [-0.4, -0.2) is 78.8 Å². The fourth-order valence-electron chi connectivity index (χ4n) is 4.11. The van der Waals surface area contributed by atoms with Crippen molar-refractivity contribution in [3.05, 3.63) is 53.6 Å². The van der Waals surface area contributed by atoms with Crippen molar-refractivity contribution in [3.8, 4) is 11.1 Å². The number of amides is 2. The van der Waals surface area contributed by atoms with Crippen molar-refractivity contribution in [2.75, 3.05) is 51.8 Å². The summed E-state index contributed by atoms with van der Waals surface area (Å²) >= 11 is 0. The Morgan fingerprint density at radius 1 is 1.03 bits per heavy atom. The Morgan fingerprint density at radius 2 is 1.67 bits per heavy atom. The van der Waals surface area contributed by atoms with E-state index < -0.39 is 5.60 Å². The number of piperazine rings is 1. The summed E-state index contributed by atoms with van der Waals surface area (Å²) in [5, 5.41) is 13.4. The van der Waals surface area contributed by atoms with Crippen molar-refractivity contribution >= 4 is 17.5 Å². The Morgan fingerprint density at radius 3 is 2.27 bits per heavy atom. The molecule has 176 valence electrons. The van der Waals surface area contributed by atoms with E-state index in [1.807, 2.05) is 36.4 Å². The fourth-order valence-corrected chi connectivity index (χ4v) is 4.11. The van der Waals surface area contributed by atoms with E-state index in [4.69, 9.17) is 10.5 Å². The van der Waals surface area contributed by atoms with Gasteiger partial charge in [-0.25, -0.2) is 0 Å². The molecule has 2 amide bonds. The summed E-state index contributed by atoms with van der Waals surface area (Å²) in [5.41, 5.74) is 9.41. The number of nitrogens with two attached hydrogens (primary N) is 1. The van der Waals surface area contributed by atoms with Gasteiger partial charge in [0.05, 0.1) is 6.61 Å². The smallest absolute Gasteiger partial charge is 0.254 e. The van der Waals surface area contributed by atoms with Crippen LogP contribution < -0.4 is 11.1 Å². The summed E-state index contributed by atoms with van der Waals surface area (Å²) in [4.78, 5) is 28.7. The number of ether oxygens (including phenoxy) is 1. The number of benzene rings is 2. The van der Waals surface area contributed by atoms with Crippen LogP contribution in [0, 0.1) is 0 Å². The number of methoxy groups -OCH3 is 1. The first-order chi connectivity index (χ1) is 15.9. The van der Waals surface area contributed by atoms with E-state index in [1.165, 1.54) is 0 Å². The standard InChI is InChI=1S/C25H32N4O4/c1-33-15-10-27-22-16-20(6-7-21(22)17-26)18-2-4-19(5-3-18)23(30)28-11-13-29(14-12-28)24(31)25(32)8-9-25/h2-7,16,27,32H,8-15,17,26H2,1H3. The van der Waals surface area contributed by atoms with Crippen LogP contribution in [-0.2, 0) is 16.1 Å². The van der Waals surface area contributed by atoms with Crippen molar-refractivity contribution in [3.63, 3.8) is 0 Å². The van der Waals surface area contributed by atoms with Crippen LogP contribution in [0.5, 0.6) is 0 Å². The Hall–Kier alpha value is -2.94. The first-order valence-corrected chi connectivity index (χ1v) is 11.4. The second-order valence-corrected chi connectivity index (χ2v) is 8.69. The van der Waals surface area contributed by atoms with Crippen LogP contribution in [0.15, 0.2) is 42.5 Å². The summed E-state index contributed by atoms with van der Waals surface area (Å²) in [5.74, 6) is -0.241. The third-order valence-corrected chi connectivity index (χ3v) is 6.39. The number of hydrogen-bond acceptors (Lipinski definition) is 6. The molecular weight excluding hydrogens is 420 g/mol. The Balaban J connectivity index is 1.39. The zero-order valence-corrected chi connectivity index (χ0v) is 19.0. The van der Waals surface area contributed by atoms with E-state index in [0.717, 1.165) is 22.4 Å². The third-order valence-electron chi connectivity index (χ3n) is 6.39. The Bertz CT molecular complexity index is 996. The summed E-state index contributed by atoms with van der Waals surface area (Å²) in [6.45, 7) is 3.60. The van der Waals surface area contributed by atoms with Gasteiger partial charge < -0.3 is 30.7 Å². The molecule has 0 bridgehead atoms. The number of hydrogen-bond donors (Lipinski definition) is 3. The third kappa shape index (κ3) is 5.19. The highest BCUT2D eigenvalue weighted by Crippen LogP contribution is 2.37. The number of rotatable bonds is 8. The highest BCUT2D eigenvalue weighted by molar-refractivity contribution is 5.95. The number of nitrogens with one attached hydrogen (secondary N) is 1. The molecule has 8 nitrogen and oxygen atoms in total. The van der Waals surface area contributed by atoms with Crippen molar-refractivity contribution in [1.29, 1.82) is 0 Å². The predicted octanol–water partition coefficient (Wildman–Crippen LogP) is 1.68. The largest absolute Gasteiger partial charge is 0.383 e. The monoisotopic (exact) mass is 452 g/mol. The van der Waals surface area contributed by atoms with E-state index in [2.05, 4.69) is 11.4 Å². The minimum absolute atomic E-state index is 0.0424. The Labute approximate surface area is 194 Å². The molecule has 1 heterocycles. The van der Waals surface area contributed by atoms with Gasteiger partial charge in [-0.05, 0) is 47.7 Å². The second kappa shape index (κ2) is 9.91. The maximum atomic E-state index is 13.0. The lowest BCUT2D eigenvalue weighted by atomic mass is 10.0. The van der Waals surface area contributed by atoms with Gasteiger partial charge in [0.15, 0.2) is 0 Å². The van der Waals surface area contributed by atoms with Gasteiger partial charge in [0, 0.05) is 57.6 Å². The maximum absolute atomic E-state index is 13.0. The molecule has 0 spiro atoms. The molecule has 1 aliphatic carbocycles. The number of carbonyl (C=O) groups excluding carboxylic acids is 2. The van der Waals surface area contributed by atoms with E-state index in [1.54, 1.807) is 16.9 Å². The highest BCUT2D eigenvalue weighted by Gasteiger charge is 2.50. The van der Waals surface area contributed by atoms with Crippen LogP contribution in [0.1, 0.15) is 28.8 Å². The van der Waals surface area contributed by atoms with Gasteiger partial charge >= 0.3 is 0 Å². The van der Waals surface area contributed by atoms with Crippen LogP contribution in [0.25, 0.3) is 11.1 Å². The van der Waals surface area contributed by atoms with Crippen LogP contribution in [0.3, 0.4) is 0 Å². The molecule has 4 N–H and O–H groups in total. The van der Waals surface area contributed by atoms with E-state index in [-0.39, 0.29) is 11.8 Å². The predicted molar refractivity (Wildman–Crippen MR) is 127 cm³/mol.